The molecule has 124 valence electrons. The number of carbonyl (C=O) groups excluding carboxylic acids is 2. The van der Waals surface area contributed by atoms with Gasteiger partial charge in [-0.3, -0.25) is 9.59 Å². The minimum Gasteiger partial charge on any atom is -0.355 e. The molecule has 2 unspecified atom stereocenters. The fourth-order valence-electron chi connectivity index (χ4n) is 2.51. The topological polar surface area (TPSA) is 75.4 Å². The fraction of sp³-hybridized carbons (Fsp3) is 0.867. The van der Waals surface area contributed by atoms with Gasteiger partial charge in [0, 0.05) is 37.0 Å². The summed E-state index contributed by atoms with van der Waals surface area (Å²) in [5.74, 6) is 0.0777. The van der Waals surface area contributed by atoms with Gasteiger partial charge < -0.3 is 16.0 Å². The Kier molecular flexibility index (Phi) is 8.26. The first-order valence-corrected chi connectivity index (χ1v) is 7.57. The SMILES string of the molecule is CC(N)C1CCCCN1C(=O)CCNC(=O)C(C)(C)C.Cl. The number of nitrogens with zero attached hydrogens (tertiary/aromatic N) is 1. The van der Waals surface area contributed by atoms with E-state index in [2.05, 4.69) is 5.32 Å². The Morgan fingerprint density at radius 3 is 2.48 bits per heavy atom. The number of nitrogens with one attached hydrogen (secondary N) is 1. The maximum Gasteiger partial charge on any atom is 0.225 e. The van der Waals surface area contributed by atoms with Crippen LogP contribution in [0.2, 0.25) is 0 Å². The van der Waals surface area contributed by atoms with Crippen LogP contribution in [-0.2, 0) is 9.59 Å². The normalized spacial score (nSPS) is 20.4. The largest absolute Gasteiger partial charge is 0.355 e. The maximum absolute atomic E-state index is 12.3. The fourth-order valence-corrected chi connectivity index (χ4v) is 2.51. The number of nitrogens with two attached hydrogens (primary N) is 1. The molecule has 1 aliphatic heterocycles. The van der Waals surface area contributed by atoms with Crippen molar-refractivity contribution in [2.24, 2.45) is 11.1 Å². The van der Waals surface area contributed by atoms with Crippen molar-refractivity contribution in [1.82, 2.24) is 10.2 Å². The van der Waals surface area contributed by atoms with Crippen molar-refractivity contribution in [2.75, 3.05) is 13.1 Å². The van der Waals surface area contributed by atoms with Crippen LogP contribution in [0.4, 0.5) is 0 Å². The molecule has 21 heavy (non-hydrogen) atoms. The Labute approximate surface area is 134 Å². The zero-order valence-corrected chi connectivity index (χ0v) is 14.5. The molecule has 1 heterocycles. The number of rotatable bonds is 4. The number of likely N-dealkylation sites (tertiary alicyclic amines) is 1. The van der Waals surface area contributed by atoms with E-state index in [9.17, 15) is 9.59 Å². The molecule has 2 amide bonds. The van der Waals surface area contributed by atoms with Crippen molar-refractivity contribution in [3.8, 4) is 0 Å². The Hall–Kier alpha value is -0.810. The predicted octanol–water partition coefficient (Wildman–Crippen LogP) is 1.69. The summed E-state index contributed by atoms with van der Waals surface area (Å²) in [4.78, 5) is 25.9. The minimum absolute atomic E-state index is 0. The van der Waals surface area contributed by atoms with Gasteiger partial charge in [-0.1, -0.05) is 20.8 Å². The number of carbonyl (C=O) groups is 2. The molecule has 2 atom stereocenters. The first kappa shape index (κ1) is 20.2. The summed E-state index contributed by atoms with van der Waals surface area (Å²) in [7, 11) is 0. The molecular formula is C15H30ClN3O2. The van der Waals surface area contributed by atoms with E-state index in [1.165, 1.54) is 0 Å². The van der Waals surface area contributed by atoms with E-state index in [1.807, 2.05) is 32.6 Å². The van der Waals surface area contributed by atoms with Gasteiger partial charge in [-0.25, -0.2) is 0 Å². The quantitative estimate of drug-likeness (QED) is 0.828. The van der Waals surface area contributed by atoms with Gasteiger partial charge >= 0.3 is 0 Å². The molecule has 0 aromatic carbocycles. The van der Waals surface area contributed by atoms with E-state index in [1.54, 1.807) is 0 Å². The van der Waals surface area contributed by atoms with Crippen molar-refractivity contribution in [3.05, 3.63) is 0 Å². The summed E-state index contributed by atoms with van der Waals surface area (Å²) in [6.07, 6.45) is 3.52. The van der Waals surface area contributed by atoms with Crippen LogP contribution < -0.4 is 11.1 Å². The molecule has 6 heteroatoms. The summed E-state index contributed by atoms with van der Waals surface area (Å²) in [6, 6.07) is 0.151. The third-order valence-corrected chi connectivity index (χ3v) is 3.78. The van der Waals surface area contributed by atoms with Crippen LogP contribution in [0.25, 0.3) is 0 Å². The Bertz CT molecular complexity index is 353. The number of halogens is 1. The summed E-state index contributed by atoms with van der Waals surface area (Å²) in [5, 5.41) is 2.82. The standard InChI is InChI=1S/C15H29N3O2.ClH/c1-11(16)12-7-5-6-10-18(12)13(19)8-9-17-14(20)15(2,3)4;/h11-12H,5-10,16H2,1-4H3,(H,17,20);1H. The highest BCUT2D eigenvalue weighted by molar-refractivity contribution is 5.85. The first-order chi connectivity index (χ1) is 9.23. The molecule has 0 spiro atoms. The lowest BCUT2D eigenvalue weighted by Gasteiger charge is -2.38. The molecule has 1 saturated heterocycles. The molecule has 1 fully saturated rings. The van der Waals surface area contributed by atoms with Crippen LogP contribution in [-0.4, -0.2) is 41.9 Å². The van der Waals surface area contributed by atoms with Crippen molar-refractivity contribution in [1.29, 1.82) is 0 Å². The third kappa shape index (κ3) is 6.22. The van der Waals surface area contributed by atoms with Crippen molar-refractivity contribution >= 4 is 24.2 Å². The van der Waals surface area contributed by atoms with Gasteiger partial charge in [0.2, 0.25) is 11.8 Å². The van der Waals surface area contributed by atoms with Gasteiger partial charge in [-0.2, -0.15) is 0 Å². The molecule has 0 aromatic heterocycles. The lowest BCUT2D eigenvalue weighted by molar-refractivity contribution is -0.135. The van der Waals surface area contributed by atoms with Crippen LogP contribution in [0.1, 0.15) is 53.4 Å². The summed E-state index contributed by atoms with van der Waals surface area (Å²) < 4.78 is 0. The predicted molar refractivity (Wildman–Crippen MR) is 87.3 cm³/mol. The number of amides is 2. The van der Waals surface area contributed by atoms with E-state index in [-0.39, 0.29) is 36.3 Å². The minimum atomic E-state index is -0.414. The summed E-state index contributed by atoms with van der Waals surface area (Å²) >= 11 is 0. The van der Waals surface area contributed by atoms with Crippen LogP contribution in [0.3, 0.4) is 0 Å². The molecule has 0 aromatic rings. The lowest BCUT2D eigenvalue weighted by atomic mass is 9.95. The van der Waals surface area contributed by atoms with Crippen LogP contribution >= 0.6 is 12.4 Å². The summed E-state index contributed by atoms with van der Waals surface area (Å²) in [6.45, 7) is 8.73. The average molecular weight is 320 g/mol. The zero-order valence-electron chi connectivity index (χ0n) is 13.6. The monoisotopic (exact) mass is 319 g/mol. The first-order valence-electron chi connectivity index (χ1n) is 7.57. The number of hydrogen-bond donors (Lipinski definition) is 2. The smallest absolute Gasteiger partial charge is 0.225 e. The maximum atomic E-state index is 12.3. The molecule has 5 nitrogen and oxygen atoms in total. The average Bonchev–Trinajstić information content (AvgIpc) is 2.37. The van der Waals surface area contributed by atoms with Gasteiger partial charge in [0.05, 0.1) is 0 Å². The Morgan fingerprint density at radius 2 is 1.95 bits per heavy atom. The van der Waals surface area contributed by atoms with Gasteiger partial charge in [0.1, 0.15) is 0 Å². The Morgan fingerprint density at radius 1 is 1.33 bits per heavy atom. The highest BCUT2D eigenvalue weighted by atomic mass is 35.5. The van der Waals surface area contributed by atoms with Gasteiger partial charge in [-0.05, 0) is 26.2 Å². The van der Waals surface area contributed by atoms with Gasteiger partial charge in [-0.15, -0.1) is 12.4 Å². The van der Waals surface area contributed by atoms with E-state index < -0.39 is 5.41 Å². The van der Waals surface area contributed by atoms with Gasteiger partial charge in [0.25, 0.3) is 0 Å². The van der Waals surface area contributed by atoms with Crippen molar-refractivity contribution < 1.29 is 9.59 Å². The number of piperidine rings is 1. The number of hydrogen-bond acceptors (Lipinski definition) is 3. The van der Waals surface area contributed by atoms with Crippen molar-refractivity contribution in [2.45, 2.75) is 65.5 Å². The van der Waals surface area contributed by atoms with E-state index in [0.29, 0.717) is 13.0 Å². The Balaban J connectivity index is 0.00000400. The van der Waals surface area contributed by atoms with Crippen LogP contribution in [0, 0.1) is 5.41 Å². The van der Waals surface area contributed by atoms with Crippen molar-refractivity contribution in [3.63, 3.8) is 0 Å². The lowest BCUT2D eigenvalue weighted by Crippen LogP contribution is -2.52. The molecule has 0 aliphatic carbocycles. The second-order valence-corrected chi connectivity index (χ2v) is 6.77. The summed E-state index contributed by atoms with van der Waals surface area (Å²) in [5.41, 5.74) is 5.55. The van der Waals surface area contributed by atoms with Crippen LogP contribution in [0.5, 0.6) is 0 Å². The zero-order chi connectivity index (χ0) is 15.3. The molecule has 0 bridgehead atoms. The third-order valence-electron chi connectivity index (χ3n) is 3.78. The van der Waals surface area contributed by atoms with Gasteiger partial charge in [0.15, 0.2) is 0 Å². The second-order valence-electron chi connectivity index (χ2n) is 6.77. The van der Waals surface area contributed by atoms with E-state index in [0.717, 1.165) is 25.8 Å². The van der Waals surface area contributed by atoms with Crippen LogP contribution in [0.15, 0.2) is 0 Å². The van der Waals surface area contributed by atoms with E-state index in [4.69, 9.17) is 5.73 Å². The van der Waals surface area contributed by atoms with E-state index >= 15 is 0 Å². The molecule has 1 aliphatic rings. The molecule has 1 rings (SSSR count). The molecule has 3 N–H and O–H groups in total. The molecule has 0 saturated carbocycles. The molecular weight excluding hydrogens is 290 g/mol. The molecule has 0 radical (unpaired) electrons. The second kappa shape index (κ2) is 8.59. The highest BCUT2D eigenvalue weighted by Crippen LogP contribution is 2.20. The highest BCUT2D eigenvalue weighted by Gasteiger charge is 2.29.